The molecule has 2 aromatic heterocycles. The average molecular weight is 492 g/mol. The van der Waals surface area contributed by atoms with Gasteiger partial charge >= 0.3 is 12.1 Å². The van der Waals surface area contributed by atoms with Crippen LogP contribution in [0.5, 0.6) is 11.6 Å². The van der Waals surface area contributed by atoms with Crippen molar-refractivity contribution in [1.29, 1.82) is 0 Å². The second-order valence-corrected chi connectivity index (χ2v) is 9.44. The number of rotatable bonds is 7. The minimum absolute atomic E-state index is 0.0550. The number of nitrogens with one attached hydrogen (secondary N) is 1. The topological polar surface area (TPSA) is 127 Å². The lowest BCUT2D eigenvalue weighted by Crippen LogP contribution is -2.42. The number of carboxylic acids is 1. The molecule has 36 heavy (non-hydrogen) atoms. The molecule has 4 rings (SSSR count). The molecular formula is C26H29N5O5. The van der Waals surface area contributed by atoms with Gasteiger partial charge in [-0.3, -0.25) is 4.98 Å². The van der Waals surface area contributed by atoms with Gasteiger partial charge in [-0.2, -0.15) is 4.98 Å². The van der Waals surface area contributed by atoms with Crippen molar-refractivity contribution in [3.63, 3.8) is 0 Å². The van der Waals surface area contributed by atoms with Crippen molar-refractivity contribution >= 4 is 17.7 Å². The molecule has 3 aromatic rings. The maximum atomic E-state index is 12.6. The van der Waals surface area contributed by atoms with Gasteiger partial charge in [-0.15, -0.1) is 0 Å². The van der Waals surface area contributed by atoms with Gasteiger partial charge in [0.15, 0.2) is 5.82 Å². The minimum atomic E-state index is -1.02. The molecule has 0 bridgehead atoms. The van der Waals surface area contributed by atoms with Gasteiger partial charge in [0.25, 0.3) is 0 Å². The van der Waals surface area contributed by atoms with Crippen LogP contribution in [0.1, 0.15) is 44.0 Å². The lowest BCUT2D eigenvalue weighted by Gasteiger charge is -2.29. The van der Waals surface area contributed by atoms with Crippen molar-refractivity contribution in [2.24, 2.45) is 0 Å². The molecule has 1 unspecified atom stereocenters. The van der Waals surface area contributed by atoms with E-state index in [0.717, 1.165) is 18.4 Å². The van der Waals surface area contributed by atoms with Gasteiger partial charge in [-0.1, -0.05) is 0 Å². The molecule has 1 amide bonds. The first-order chi connectivity index (χ1) is 17.2. The number of aromatic carboxylic acids is 1. The van der Waals surface area contributed by atoms with Crippen molar-refractivity contribution in [3.05, 3.63) is 60.6 Å². The van der Waals surface area contributed by atoms with E-state index in [1.54, 1.807) is 41.7 Å². The van der Waals surface area contributed by atoms with Crippen LogP contribution in [0, 0.1) is 0 Å². The fraction of sp³-hybridized carbons (Fsp3) is 0.346. The molecule has 0 saturated carbocycles. The molecule has 1 aromatic carbocycles. The first-order valence-corrected chi connectivity index (χ1v) is 11.7. The van der Waals surface area contributed by atoms with Crippen molar-refractivity contribution in [1.82, 2.24) is 19.9 Å². The summed E-state index contributed by atoms with van der Waals surface area (Å²) in [5, 5.41) is 12.5. The normalized spacial score (nSPS) is 15.4. The summed E-state index contributed by atoms with van der Waals surface area (Å²) >= 11 is 0. The Morgan fingerprint density at radius 3 is 2.61 bits per heavy atom. The Hall–Kier alpha value is -4.21. The van der Waals surface area contributed by atoms with E-state index in [4.69, 9.17) is 14.6 Å². The highest BCUT2D eigenvalue weighted by molar-refractivity contribution is 5.87. The van der Waals surface area contributed by atoms with E-state index < -0.39 is 11.6 Å². The summed E-state index contributed by atoms with van der Waals surface area (Å²) in [6, 6.07) is 9.65. The molecule has 0 spiro atoms. The van der Waals surface area contributed by atoms with Gasteiger partial charge in [0.2, 0.25) is 5.88 Å². The standard InChI is InChI=1S/C26H29N5O5/c1-26(2,3)36-25(34)31-13-5-7-19(31)15-28-21-16-29-22(18-6-4-12-27-14-18)30-23(21)35-20-10-8-17(9-11-20)24(32)33/h4,6,8-12,14,16,19,28H,5,7,13,15H2,1-3H3,(H,32,33). The van der Waals surface area contributed by atoms with Crippen molar-refractivity contribution in [2.75, 3.05) is 18.4 Å². The maximum absolute atomic E-state index is 12.6. The number of carbonyl (C=O) groups excluding carboxylic acids is 1. The van der Waals surface area contributed by atoms with Crippen molar-refractivity contribution < 1.29 is 24.2 Å². The summed E-state index contributed by atoms with van der Waals surface area (Å²) in [7, 11) is 0. The Kier molecular flexibility index (Phi) is 7.33. The molecule has 188 valence electrons. The monoisotopic (exact) mass is 491 g/mol. The Labute approximate surface area is 209 Å². The number of anilines is 1. The second-order valence-electron chi connectivity index (χ2n) is 9.44. The highest BCUT2D eigenvalue weighted by Crippen LogP contribution is 2.30. The molecule has 10 nitrogen and oxygen atoms in total. The predicted octanol–water partition coefficient (Wildman–Crippen LogP) is 4.84. The second kappa shape index (κ2) is 10.6. The average Bonchev–Trinajstić information content (AvgIpc) is 3.32. The highest BCUT2D eigenvalue weighted by Gasteiger charge is 2.32. The maximum Gasteiger partial charge on any atom is 0.410 e. The fourth-order valence-electron chi connectivity index (χ4n) is 3.81. The van der Waals surface area contributed by atoms with Gasteiger partial charge in [0.1, 0.15) is 17.0 Å². The van der Waals surface area contributed by atoms with Crippen molar-refractivity contribution in [2.45, 2.75) is 45.3 Å². The Balaban J connectivity index is 1.55. The van der Waals surface area contributed by atoms with Crippen LogP contribution >= 0.6 is 0 Å². The summed E-state index contributed by atoms with van der Waals surface area (Å²) in [6.07, 6.45) is 6.35. The van der Waals surface area contributed by atoms with Crippen LogP contribution in [0.15, 0.2) is 55.0 Å². The first kappa shape index (κ1) is 24.9. The number of carboxylic acid groups (broad SMARTS) is 1. The molecule has 1 fully saturated rings. The smallest absolute Gasteiger partial charge is 0.410 e. The van der Waals surface area contributed by atoms with Gasteiger partial charge in [0.05, 0.1) is 17.8 Å². The largest absolute Gasteiger partial charge is 0.478 e. The van der Waals surface area contributed by atoms with E-state index in [2.05, 4.69) is 20.3 Å². The lowest BCUT2D eigenvalue weighted by atomic mass is 10.2. The van der Waals surface area contributed by atoms with E-state index in [0.29, 0.717) is 30.4 Å². The number of benzene rings is 1. The number of nitrogens with zero attached hydrogens (tertiary/aromatic N) is 4. The lowest BCUT2D eigenvalue weighted by molar-refractivity contribution is 0.0235. The third kappa shape index (κ3) is 6.26. The van der Waals surface area contributed by atoms with Gasteiger partial charge in [-0.05, 0) is 70.0 Å². The van der Waals surface area contributed by atoms with E-state index in [1.807, 2.05) is 26.8 Å². The van der Waals surface area contributed by atoms with E-state index in [9.17, 15) is 9.59 Å². The number of carbonyl (C=O) groups is 2. The van der Waals surface area contributed by atoms with Crippen LogP contribution in [0.3, 0.4) is 0 Å². The first-order valence-electron chi connectivity index (χ1n) is 11.7. The SMILES string of the molecule is CC(C)(C)OC(=O)N1CCCC1CNc1cnc(-c2cccnc2)nc1Oc1ccc(C(=O)O)cc1. The van der Waals surface area contributed by atoms with Crippen LogP contribution in [-0.2, 0) is 4.74 Å². The van der Waals surface area contributed by atoms with Crippen molar-refractivity contribution in [3.8, 4) is 23.0 Å². The minimum Gasteiger partial charge on any atom is -0.478 e. The molecule has 10 heteroatoms. The van der Waals surface area contributed by atoms with E-state index >= 15 is 0 Å². The number of ether oxygens (including phenoxy) is 2. The fourth-order valence-corrected chi connectivity index (χ4v) is 3.81. The Bertz CT molecular complexity index is 1210. The Morgan fingerprint density at radius 2 is 1.94 bits per heavy atom. The zero-order valence-electron chi connectivity index (χ0n) is 20.5. The number of likely N-dealkylation sites (tertiary alicyclic amines) is 1. The van der Waals surface area contributed by atoms with E-state index in [1.165, 1.54) is 12.1 Å². The summed E-state index contributed by atoms with van der Waals surface area (Å²) in [5.74, 6) is 0.113. The summed E-state index contributed by atoms with van der Waals surface area (Å²) in [5.41, 5.74) is 0.857. The number of hydrogen-bond acceptors (Lipinski definition) is 8. The predicted molar refractivity (Wildman–Crippen MR) is 133 cm³/mol. The number of amides is 1. The van der Waals surface area contributed by atoms with Gasteiger partial charge < -0.3 is 24.8 Å². The molecular weight excluding hydrogens is 462 g/mol. The molecule has 1 aliphatic heterocycles. The molecule has 3 heterocycles. The van der Waals surface area contributed by atoms with Crippen LogP contribution < -0.4 is 10.1 Å². The molecule has 2 N–H and O–H groups in total. The van der Waals surface area contributed by atoms with E-state index in [-0.39, 0.29) is 23.6 Å². The van der Waals surface area contributed by atoms with Crippen LogP contribution in [-0.4, -0.2) is 61.8 Å². The number of hydrogen-bond donors (Lipinski definition) is 2. The molecule has 1 aliphatic rings. The third-order valence-corrected chi connectivity index (χ3v) is 5.52. The summed E-state index contributed by atoms with van der Waals surface area (Å²) < 4.78 is 11.6. The van der Waals surface area contributed by atoms with Crippen LogP contribution in [0.25, 0.3) is 11.4 Å². The number of pyridine rings is 1. The molecule has 1 atom stereocenters. The van der Waals surface area contributed by atoms with Crippen LogP contribution in [0.4, 0.5) is 10.5 Å². The quantitative estimate of drug-likeness (QED) is 0.477. The number of aromatic nitrogens is 3. The summed E-state index contributed by atoms with van der Waals surface area (Å²) in [4.78, 5) is 38.7. The highest BCUT2D eigenvalue weighted by atomic mass is 16.6. The summed E-state index contributed by atoms with van der Waals surface area (Å²) in [6.45, 7) is 6.64. The van der Waals surface area contributed by atoms with Gasteiger partial charge in [0, 0.05) is 31.0 Å². The molecule has 0 aliphatic carbocycles. The zero-order valence-corrected chi connectivity index (χ0v) is 20.5. The third-order valence-electron chi connectivity index (χ3n) is 5.52. The van der Waals surface area contributed by atoms with Gasteiger partial charge in [-0.25, -0.2) is 14.6 Å². The zero-order chi connectivity index (χ0) is 25.7. The molecule has 0 radical (unpaired) electrons. The van der Waals surface area contributed by atoms with Crippen LogP contribution in [0.2, 0.25) is 0 Å². The molecule has 1 saturated heterocycles. The Morgan fingerprint density at radius 1 is 1.17 bits per heavy atom.